The zero-order chi connectivity index (χ0) is 17.0. The number of esters is 1. The van der Waals surface area contributed by atoms with Gasteiger partial charge in [0, 0.05) is 18.5 Å². The van der Waals surface area contributed by atoms with E-state index in [1.165, 1.54) is 19.2 Å². The second-order valence-electron chi connectivity index (χ2n) is 6.07. The molecule has 0 saturated heterocycles. The molecule has 0 saturated carbocycles. The number of amides is 2. The maximum absolute atomic E-state index is 13.4. The molecule has 1 aromatic rings. The third kappa shape index (κ3) is 4.12. The first-order chi connectivity index (χ1) is 10.8. The Bertz CT molecular complexity index is 604. The van der Waals surface area contributed by atoms with Gasteiger partial charge in [-0.2, -0.15) is 0 Å². The van der Waals surface area contributed by atoms with Gasteiger partial charge in [0.1, 0.15) is 11.6 Å². The number of rotatable bonds is 4. The maximum atomic E-state index is 13.4. The number of hydrogen-bond donors (Lipinski definition) is 2. The predicted molar refractivity (Wildman–Crippen MR) is 81.6 cm³/mol. The summed E-state index contributed by atoms with van der Waals surface area (Å²) >= 11 is 0. The smallest absolute Gasteiger partial charge is 0.315 e. The lowest BCUT2D eigenvalue weighted by atomic mass is 9.94. The van der Waals surface area contributed by atoms with E-state index in [1.54, 1.807) is 19.9 Å². The molecule has 1 aliphatic heterocycles. The summed E-state index contributed by atoms with van der Waals surface area (Å²) in [4.78, 5) is 23.6. The van der Waals surface area contributed by atoms with Crippen LogP contribution in [-0.4, -0.2) is 32.3 Å². The molecule has 0 fully saturated rings. The van der Waals surface area contributed by atoms with Gasteiger partial charge in [-0.3, -0.25) is 4.79 Å². The molecule has 23 heavy (non-hydrogen) atoms. The third-order valence-electron chi connectivity index (χ3n) is 3.75. The van der Waals surface area contributed by atoms with Gasteiger partial charge in [-0.05, 0) is 32.0 Å². The fraction of sp³-hybridized carbons (Fsp3) is 0.500. The van der Waals surface area contributed by atoms with Gasteiger partial charge in [0.2, 0.25) is 0 Å². The van der Waals surface area contributed by atoms with Gasteiger partial charge < -0.3 is 20.1 Å². The molecule has 0 aromatic heterocycles. The molecule has 2 N–H and O–H groups in total. The highest BCUT2D eigenvalue weighted by Crippen LogP contribution is 2.32. The van der Waals surface area contributed by atoms with E-state index in [0.717, 1.165) is 0 Å². The number of hydrogen-bond acceptors (Lipinski definition) is 4. The molecule has 0 spiro atoms. The first-order valence-electron chi connectivity index (χ1n) is 7.38. The van der Waals surface area contributed by atoms with Crippen molar-refractivity contribution in [2.75, 3.05) is 20.3 Å². The van der Waals surface area contributed by atoms with E-state index in [9.17, 15) is 14.0 Å². The number of benzene rings is 1. The normalized spacial score (nSPS) is 16.8. The Hall–Kier alpha value is -2.31. The fourth-order valence-electron chi connectivity index (χ4n) is 2.37. The van der Waals surface area contributed by atoms with Crippen molar-refractivity contribution in [2.45, 2.75) is 26.3 Å². The average Bonchev–Trinajstić information content (AvgIpc) is 2.52. The second kappa shape index (κ2) is 6.85. The van der Waals surface area contributed by atoms with Crippen LogP contribution in [0.5, 0.6) is 5.75 Å². The molecule has 1 aromatic carbocycles. The number of halogens is 1. The van der Waals surface area contributed by atoms with Gasteiger partial charge in [-0.25, -0.2) is 9.18 Å². The molecule has 0 bridgehead atoms. The standard InChI is InChI=1S/C16H21FN2O4/c1-16(2,14(20)22-3)9-18-15(21)19-12-6-7-23-13-5-4-10(17)8-11(12)13/h4-5,8,12H,6-7,9H2,1-3H3,(H2,18,19,21)/t12-/m0/s1. The zero-order valence-electron chi connectivity index (χ0n) is 13.4. The Morgan fingerprint density at radius 2 is 2.17 bits per heavy atom. The molecule has 1 aliphatic rings. The number of carbonyl (C=O) groups is 2. The van der Waals surface area contributed by atoms with Crippen LogP contribution in [0.1, 0.15) is 31.9 Å². The monoisotopic (exact) mass is 324 g/mol. The van der Waals surface area contributed by atoms with E-state index >= 15 is 0 Å². The van der Waals surface area contributed by atoms with Crippen molar-refractivity contribution < 1.29 is 23.5 Å². The molecule has 0 unspecified atom stereocenters. The Kier molecular flexibility index (Phi) is 5.08. The van der Waals surface area contributed by atoms with Crippen LogP contribution in [0.2, 0.25) is 0 Å². The van der Waals surface area contributed by atoms with Crippen molar-refractivity contribution in [1.82, 2.24) is 10.6 Å². The van der Waals surface area contributed by atoms with Crippen molar-refractivity contribution in [3.8, 4) is 5.75 Å². The topological polar surface area (TPSA) is 76.7 Å². The molecule has 2 amide bonds. The molecule has 0 aliphatic carbocycles. The Morgan fingerprint density at radius 1 is 1.43 bits per heavy atom. The number of methoxy groups -OCH3 is 1. The van der Waals surface area contributed by atoms with E-state index in [1.807, 2.05) is 0 Å². The number of nitrogens with one attached hydrogen (secondary N) is 2. The molecule has 1 atom stereocenters. The molecular weight excluding hydrogens is 303 g/mol. The molecule has 126 valence electrons. The third-order valence-corrected chi connectivity index (χ3v) is 3.75. The van der Waals surface area contributed by atoms with Gasteiger partial charge in [-0.15, -0.1) is 0 Å². The summed E-state index contributed by atoms with van der Waals surface area (Å²) < 4.78 is 23.5. The van der Waals surface area contributed by atoms with Gasteiger partial charge in [-0.1, -0.05) is 0 Å². The number of urea groups is 1. The summed E-state index contributed by atoms with van der Waals surface area (Å²) in [6.07, 6.45) is 0.546. The first kappa shape index (κ1) is 17.1. The van der Waals surface area contributed by atoms with Crippen molar-refractivity contribution in [1.29, 1.82) is 0 Å². The minimum absolute atomic E-state index is 0.130. The number of fused-ring (bicyclic) bond motifs is 1. The van der Waals surface area contributed by atoms with E-state index < -0.39 is 17.4 Å². The summed E-state index contributed by atoms with van der Waals surface area (Å²) in [6.45, 7) is 3.93. The highest BCUT2D eigenvalue weighted by molar-refractivity contribution is 5.79. The fourth-order valence-corrected chi connectivity index (χ4v) is 2.37. The van der Waals surface area contributed by atoms with Crippen molar-refractivity contribution in [3.63, 3.8) is 0 Å². The quantitative estimate of drug-likeness (QED) is 0.832. The van der Waals surface area contributed by atoms with Crippen LogP contribution in [0.25, 0.3) is 0 Å². The summed E-state index contributed by atoms with van der Waals surface area (Å²) in [5, 5.41) is 5.43. The summed E-state index contributed by atoms with van der Waals surface area (Å²) in [6, 6.07) is 3.47. The number of ether oxygens (including phenoxy) is 2. The molecule has 2 rings (SSSR count). The second-order valence-corrected chi connectivity index (χ2v) is 6.07. The Labute approximate surface area is 134 Å². The molecule has 0 radical (unpaired) electrons. The Balaban J connectivity index is 1.97. The molecule has 6 nitrogen and oxygen atoms in total. The highest BCUT2D eigenvalue weighted by atomic mass is 19.1. The zero-order valence-corrected chi connectivity index (χ0v) is 13.4. The van der Waals surface area contributed by atoms with Gasteiger partial charge in [0.05, 0.1) is 25.2 Å². The highest BCUT2D eigenvalue weighted by Gasteiger charge is 2.30. The van der Waals surface area contributed by atoms with E-state index in [0.29, 0.717) is 24.3 Å². The lowest BCUT2D eigenvalue weighted by Crippen LogP contribution is -2.45. The largest absolute Gasteiger partial charge is 0.493 e. The van der Waals surface area contributed by atoms with E-state index in [2.05, 4.69) is 15.4 Å². The molecular formula is C16H21FN2O4. The lowest BCUT2D eigenvalue weighted by Gasteiger charge is -2.27. The molecule has 1 heterocycles. The Morgan fingerprint density at radius 3 is 2.87 bits per heavy atom. The van der Waals surface area contributed by atoms with E-state index in [-0.39, 0.29) is 18.4 Å². The van der Waals surface area contributed by atoms with Crippen LogP contribution < -0.4 is 15.4 Å². The van der Waals surface area contributed by atoms with Crippen molar-refractivity contribution >= 4 is 12.0 Å². The van der Waals surface area contributed by atoms with Gasteiger partial charge in [0.15, 0.2) is 0 Å². The predicted octanol–water partition coefficient (Wildman–Crippen LogP) is 2.15. The van der Waals surface area contributed by atoms with Gasteiger partial charge >= 0.3 is 12.0 Å². The first-order valence-corrected chi connectivity index (χ1v) is 7.38. The van der Waals surface area contributed by atoms with Crippen molar-refractivity contribution in [2.24, 2.45) is 5.41 Å². The van der Waals surface area contributed by atoms with Crippen LogP contribution in [0.15, 0.2) is 18.2 Å². The lowest BCUT2D eigenvalue weighted by molar-refractivity contribution is -0.150. The average molecular weight is 324 g/mol. The van der Waals surface area contributed by atoms with Crippen LogP contribution in [0.3, 0.4) is 0 Å². The van der Waals surface area contributed by atoms with E-state index in [4.69, 9.17) is 4.74 Å². The summed E-state index contributed by atoms with van der Waals surface area (Å²) in [5.41, 5.74) is -0.218. The van der Waals surface area contributed by atoms with Gasteiger partial charge in [0.25, 0.3) is 0 Å². The maximum Gasteiger partial charge on any atom is 0.315 e. The van der Waals surface area contributed by atoms with Crippen LogP contribution >= 0.6 is 0 Å². The van der Waals surface area contributed by atoms with Crippen molar-refractivity contribution in [3.05, 3.63) is 29.6 Å². The van der Waals surface area contributed by atoms with Crippen LogP contribution in [-0.2, 0) is 9.53 Å². The summed E-state index contributed by atoms with van der Waals surface area (Å²) in [5.74, 6) is -0.220. The number of carbonyl (C=O) groups excluding carboxylic acids is 2. The minimum Gasteiger partial charge on any atom is -0.493 e. The van der Waals surface area contributed by atoms with Crippen LogP contribution in [0, 0.1) is 11.2 Å². The van der Waals surface area contributed by atoms with Crippen LogP contribution in [0.4, 0.5) is 9.18 Å². The molecule has 7 heteroatoms. The minimum atomic E-state index is -0.828. The summed E-state index contributed by atoms with van der Waals surface area (Å²) in [7, 11) is 1.30. The SMILES string of the molecule is COC(=O)C(C)(C)CNC(=O)N[C@H]1CCOc2ccc(F)cc21.